The van der Waals surface area contributed by atoms with Gasteiger partial charge in [0.25, 0.3) is 0 Å². The Morgan fingerprint density at radius 1 is 1.43 bits per heavy atom. The minimum Gasteiger partial charge on any atom is -0.444 e. The Bertz CT molecular complexity index is 722. The first kappa shape index (κ1) is 16.1. The van der Waals surface area contributed by atoms with Crippen molar-refractivity contribution in [2.24, 2.45) is 0 Å². The molecule has 1 unspecified atom stereocenters. The van der Waals surface area contributed by atoms with Gasteiger partial charge in [-0.15, -0.1) is 5.10 Å². The maximum Gasteiger partial charge on any atom is 0.410 e. The molecule has 1 amide bonds. The first-order valence-electron chi connectivity index (χ1n) is 7.82. The van der Waals surface area contributed by atoms with Crippen LogP contribution in [0.15, 0.2) is 18.2 Å². The number of carbonyl (C=O) groups is 1. The Kier molecular flexibility index (Phi) is 4.19. The van der Waals surface area contributed by atoms with E-state index in [1.54, 1.807) is 11.0 Å². The molecule has 2 aromatic rings. The highest BCUT2D eigenvalue weighted by Crippen LogP contribution is 2.24. The average molecular weight is 337 g/mol. The lowest BCUT2D eigenvalue weighted by atomic mass is 10.2. The Morgan fingerprint density at radius 2 is 2.22 bits per heavy atom. The molecule has 7 heteroatoms. The average Bonchev–Trinajstić information content (AvgIpc) is 3.04. The highest BCUT2D eigenvalue weighted by Gasteiger charge is 2.32. The van der Waals surface area contributed by atoms with E-state index in [2.05, 4.69) is 10.3 Å². The molecule has 0 saturated carbocycles. The van der Waals surface area contributed by atoms with Crippen molar-refractivity contribution < 1.29 is 9.53 Å². The summed E-state index contributed by atoms with van der Waals surface area (Å²) in [4.78, 5) is 14.1. The second-order valence-corrected chi connectivity index (χ2v) is 7.31. The SMILES string of the molecule is CC(C)(C)OC(=O)N1CCCC1Cn1nnc2cc(Cl)ccc21. The van der Waals surface area contributed by atoms with Gasteiger partial charge in [-0.05, 0) is 51.8 Å². The van der Waals surface area contributed by atoms with E-state index in [0.717, 1.165) is 30.4 Å². The zero-order valence-electron chi connectivity index (χ0n) is 13.6. The van der Waals surface area contributed by atoms with Gasteiger partial charge in [0.05, 0.1) is 18.1 Å². The van der Waals surface area contributed by atoms with Gasteiger partial charge in [-0.25, -0.2) is 9.48 Å². The molecule has 1 aromatic carbocycles. The first-order chi connectivity index (χ1) is 10.8. The molecule has 1 saturated heterocycles. The maximum atomic E-state index is 12.3. The van der Waals surface area contributed by atoms with E-state index in [9.17, 15) is 4.79 Å². The molecule has 23 heavy (non-hydrogen) atoms. The normalized spacial score (nSPS) is 18.6. The van der Waals surface area contributed by atoms with Crippen molar-refractivity contribution in [3.05, 3.63) is 23.2 Å². The lowest BCUT2D eigenvalue weighted by Gasteiger charge is -2.28. The third kappa shape index (κ3) is 3.58. The number of halogens is 1. The quantitative estimate of drug-likeness (QED) is 0.842. The maximum absolute atomic E-state index is 12.3. The minimum atomic E-state index is -0.485. The van der Waals surface area contributed by atoms with E-state index in [0.29, 0.717) is 11.6 Å². The summed E-state index contributed by atoms with van der Waals surface area (Å²) in [5.74, 6) is 0. The zero-order valence-corrected chi connectivity index (χ0v) is 14.4. The lowest BCUT2D eigenvalue weighted by Crippen LogP contribution is -2.41. The summed E-state index contributed by atoms with van der Waals surface area (Å²) in [5.41, 5.74) is 1.20. The van der Waals surface area contributed by atoms with Crippen LogP contribution in [0.2, 0.25) is 5.02 Å². The lowest BCUT2D eigenvalue weighted by molar-refractivity contribution is 0.0212. The number of carbonyl (C=O) groups excluding carboxylic acids is 1. The Labute approximate surface area is 140 Å². The van der Waals surface area contributed by atoms with Crippen molar-refractivity contribution in [2.75, 3.05) is 6.54 Å². The Hall–Kier alpha value is -1.82. The van der Waals surface area contributed by atoms with E-state index < -0.39 is 5.60 Å². The number of fused-ring (bicyclic) bond motifs is 1. The summed E-state index contributed by atoms with van der Waals surface area (Å²) in [6.45, 7) is 6.97. The van der Waals surface area contributed by atoms with Crippen LogP contribution in [0.5, 0.6) is 0 Å². The zero-order chi connectivity index (χ0) is 16.6. The minimum absolute atomic E-state index is 0.0745. The van der Waals surface area contributed by atoms with Gasteiger partial charge >= 0.3 is 6.09 Å². The molecule has 0 radical (unpaired) electrons. The molecule has 2 heterocycles. The molecule has 0 aliphatic carbocycles. The number of ether oxygens (including phenoxy) is 1. The predicted octanol–water partition coefficient (Wildman–Crippen LogP) is 3.48. The molecule has 124 valence electrons. The van der Waals surface area contributed by atoms with Crippen LogP contribution in [-0.2, 0) is 11.3 Å². The number of benzene rings is 1. The van der Waals surface area contributed by atoms with Crippen molar-refractivity contribution in [3.63, 3.8) is 0 Å². The highest BCUT2D eigenvalue weighted by molar-refractivity contribution is 6.31. The van der Waals surface area contributed by atoms with Crippen molar-refractivity contribution in [3.8, 4) is 0 Å². The highest BCUT2D eigenvalue weighted by atomic mass is 35.5. The summed E-state index contributed by atoms with van der Waals surface area (Å²) in [7, 11) is 0. The van der Waals surface area contributed by atoms with Gasteiger partial charge in [0.1, 0.15) is 11.1 Å². The fourth-order valence-electron chi connectivity index (χ4n) is 2.87. The second kappa shape index (κ2) is 6.00. The summed E-state index contributed by atoms with van der Waals surface area (Å²) in [6.07, 6.45) is 1.66. The molecule has 1 aliphatic rings. The standard InChI is InChI=1S/C16H21ClN4O2/c1-16(2,3)23-15(22)20-8-4-5-12(20)10-21-14-7-6-11(17)9-13(14)18-19-21/h6-7,9,12H,4-5,8,10H2,1-3H3. The van der Waals surface area contributed by atoms with Gasteiger partial charge in [-0.3, -0.25) is 0 Å². The molecular weight excluding hydrogens is 316 g/mol. The van der Waals surface area contributed by atoms with E-state index in [1.165, 1.54) is 0 Å². The molecule has 0 N–H and O–H groups in total. The van der Waals surface area contributed by atoms with Crippen LogP contribution in [0.25, 0.3) is 11.0 Å². The number of likely N-dealkylation sites (tertiary alicyclic amines) is 1. The molecule has 6 nitrogen and oxygen atoms in total. The number of aromatic nitrogens is 3. The van der Waals surface area contributed by atoms with Gasteiger partial charge in [0.15, 0.2) is 0 Å². The summed E-state index contributed by atoms with van der Waals surface area (Å²) in [6, 6.07) is 5.60. The van der Waals surface area contributed by atoms with Gasteiger partial charge in [-0.2, -0.15) is 0 Å². The molecule has 1 aliphatic heterocycles. The summed E-state index contributed by atoms with van der Waals surface area (Å²) in [5, 5.41) is 8.98. The van der Waals surface area contributed by atoms with E-state index in [-0.39, 0.29) is 12.1 Å². The smallest absolute Gasteiger partial charge is 0.410 e. The monoisotopic (exact) mass is 336 g/mol. The third-order valence-corrected chi connectivity index (χ3v) is 4.10. The van der Waals surface area contributed by atoms with Crippen LogP contribution < -0.4 is 0 Å². The Morgan fingerprint density at radius 3 is 2.96 bits per heavy atom. The van der Waals surface area contributed by atoms with Gasteiger partial charge in [0, 0.05) is 11.6 Å². The molecule has 1 atom stereocenters. The second-order valence-electron chi connectivity index (χ2n) is 6.87. The summed E-state index contributed by atoms with van der Waals surface area (Å²) >= 11 is 5.98. The van der Waals surface area contributed by atoms with Gasteiger partial charge in [0.2, 0.25) is 0 Å². The molecule has 0 bridgehead atoms. The molecular formula is C16H21ClN4O2. The topological polar surface area (TPSA) is 60.2 Å². The predicted molar refractivity (Wildman–Crippen MR) is 88.5 cm³/mol. The fourth-order valence-corrected chi connectivity index (χ4v) is 3.03. The van der Waals surface area contributed by atoms with E-state index in [1.807, 2.05) is 37.6 Å². The van der Waals surface area contributed by atoms with Crippen molar-refractivity contribution in [1.82, 2.24) is 19.9 Å². The molecule has 0 spiro atoms. The van der Waals surface area contributed by atoms with Crippen molar-refractivity contribution in [1.29, 1.82) is 0 Å². The summed E-state index contributed by atoms with van der Waals surface area (Å²) < 4.78 is 7.33. The van der Waals surface area contributed by atoms with E-state index in [4.69, 9.17) is 16.3 Å². The van der Waals surface area contributed by atoms with Crippen molar-refractivity contribution >= 4 is 28.7 Å². The first-order valence-corrected chi connectivity index (χ1v) is 8.20. The number of hydrogen-bond donors (Lipinski definition) is 0. The van der Waals surface area contributed by atoms with Crippen LogP contribution in [0.4, 0.5) is 4.79 Å². The number of hydrogen-bond acceptors (Lipinski definition) is 4. The van der Waals surface area contributed by atoms with E-state index >= 15 is 0 Å². The largest absolute Gasteiger partial charge is 0.444 e. The number of nitrogens with zero attached hydrogens (tertiary/aromatic N) is 4. The third-order valence-electron chi connectivity index (χ3n) is 3.86. The Balaban J connectivity index is 1.76. The van der Waals surface area contributed by atoms with Gasteiger partial charge in [-0.1, -0.05) is 16.8 Å². The molecule has 1 fully saturated rings. The van der Waals surface area contributed by atoms with Crippen LogP contribution in [0.3, 0.4) is 0 Å². The number of amides is 1. The van der Waals surface area contributed by atoms with Crippen LogP contribution >= 0.6 is 11.6 Å². The van der Waals surface area contributed by atoms with Gasteiger partial charge < -0.3 is 9.64 Å². The molecule has 3 rings (SSSR count). The van der Waals surface area contributed by atoms with Crippen LogP contribution in [-0.4, -0.2) is 44.2 Å². The molecule has 1 aromatic heterocycles. The fraction of sp³-hybridized carbons (Fsp3) is 0.562. The van der Waals surface area contributed by atoms with Crippen LogP contribution in [0.1, 0.15) is 33.6 Å². The number of rotatable bonds is 2. The van der Waals surface area contributed by atoms with Crippen LogP contribution in [0, 0.1) is 0 Å². The van der Waals surface area contributed by atoms with Crippen molar-refractivity contribution in [2.45, 2.75) is 51.8 Å².